The molecule has 1 unspecified atom stereocenters. The van der Waals surface area contributed by atoms with Crippen LogP contribution in [0, 0.1) is 13.8 Å². The molecule has 0 aromatic heterocycles. The molecular formula is C25H33ClN2O3. The smallest absolute Gasteiger partial charge is 0.261 e. The fraction of sp³-hybridized carbons (Fsp3) is 0.440. The molecule has 2 amide bonds. The van der Waals surface area contributed by atoms with Gasteiger partial charge in [-0.05, 0) is 61.6 Å². The third-order valence-electron chi connectivity index (χ3n) is 5.39. The second-order valence-electron chi connectivity index (χ2n) is 7.70. The number of amides is 2. The maximum absolute atomic E-state index is 13.2. The van der Waals surface area contributed by atoms with Crippen molar-refractivity contribution in [3.8, 4) is 5.75 Å². The fourth-order valence-electron chi connectivity index (χ4n) is 3.32. The van der Waals surface area contributed by atoms with Crippen molar-refractivity contribution in [3.63, 3.8) is 0 Å². The highest BCUT2D eigenvalue weighted by Gasteiger charge is 2.28. The lowest BCUT2D eigenvalue weighted by molar-refractivity contribution is -0.143. The van der Waals surface area contributed by atoms with Gasteiger partial charge in [-0.15, -0.1) is 0 Å². The first-order valence-electron chi connectivity index (χ1n) is 10.9. The van der Waals surface area contributed by atoms with Crippen LogP contribution in [0.2, 0.25) is 5.02 Å². The number of nitrogens with zero attached hydrogens (tertiary/aromatic N) is 1. The average Bonchev–Trinajstić information content (AvgIpc) is 2.76. The summed E-state index contributed by atoms with van der Waals surface area (Å²) in [5, 5.41) is 3.59. The number of unbranched alkanes of at least 4 members (excludes halogenated alkanes) is 1. The summed E-state index contributed by atoms with van der Waals surface area (Å²) in [6.45, 7) is 8.75. The molecule has 2 aromatic rings. The maximum Gasteiger partial charge on any atom is 0.261 e. The van der Waals surface area contributed by atoms with Crippen LogP contribution in [-0.2, 0) is 16.1 Å². The van der Waals surface area contributed by atoms with Crippen molar-refractivity contribution in [1.82, 2.24) is 10.2 Å². The Morgan fingerprint density at radius 1 is 1.10 bits per heavy atom. The zero-order valence-corrected chi connectivity index (χ0v) is 19.7. The largest absolute Gasteiger partial charge is 0.483 e. The Balaban J connectivity index is 2.19. The summed E-state index contributed by atoms with van der Waals surface area (Å²) in [5.74, 6) is 0.318. The van der Waals surface area contributed by atoms with E-state index in [4.69, 9.17) is 16.3 Å². The summed E-state index contributed by atoms with van der Waals surface area (Å²) in [6.07, 6.45) is 2.41. The van der Waals surface area contributed by atoms with E-state index in [0.29, 0.717) is 30.3 Å². The number of carbonyl (C=O) groups is 2. The van der Waals surface area contributed by atoms with Crippen molar-refractivity contribution >= 4 is 23.4 Å². The molecule has 0 bridgehead atoms. The Kier molecular flexibility index (Phi) is 9.86. The number of aryl methyl sites for hydroxylation is 1. The van der Waals surface area contributed by atoms with Crippen LogP contribution >= 0.6 is 11.6 Å². The van der Waals surface area contributed by atoms with E-state index < -0.39 is 6.04 Å². The molecule has 0 fully saturated rings. The maximum atomic E-state index is 13.2. The Bertz CT molecular complexity index is 868. The number of nitrogens with one attached hydrogen (secondary N) is 1. The predicted octanol–water partition coefficient (Wildman–Crippen LogP) is 5.06. The van der Waals surface area contributed by atoms with Crippen molar-refractivity contribution in [1.29, 1.82) is 0 Å². The quantitative estimate of drug-likeness (QED) is 0.493. The minimum Gasteiger partial charge on any atom is -0.483 e. The molecule has 0 saturated carbocycles. The standard InChI is InChI=1S/C25H33ClN2O3/c1-5-7-15-27-25(30)22(6-2)28(16-20-11-13-21(26)14-12-20)24(29)17-31-23-10-8-9-18(3)19(23)4/h8-14,22H,5-7,15-17H2,1-4H3,(H,27,30). The van der Waals surface area contributed by atoms with Gasteiger partial charge in [0, 0.05) is 18.1 Å². The van der Waals surface area contributed by atoms with Gasteiger partial charge in [0.15, 0.2) is 6.61 Å². The van der Waals surface area contributed by atoms with Crippen molar-refractivity contribution in [2.75, 3.05) is 13.2 Å². The van der Waals surface area contributed by atoms with Crippen LogP contribution in [0.1, 0.15) is 49.8 Å². The van der Waals surface area contributed by atoms with Crippen LogP contribution < -0.4 is 10.1 Å². The molecule has 5 nitrogen and oxygen atoms in total. The van der Waals surface area contributed by atoms with E-state index in [-0.39, 0.29) is 18.4 Å². The van der Waals surface area contributed by atoms with Crippen molar-refractivity contribution < 1.29 is 14.3 Å². The molecule has 0 spiro atoms. The Morgan fingerprint density at radius 3 is 2.45 bits per heavy atom. The van der Waals surface area contributed by atoms with Crippen LogP contribution in [0.15, 0.2) is 42.5 Å². The van der Waals surface area contributed by atoms with Gasteiger partial charge in [-0.25, -0.2) is 0 Å². The van der Waals surface area contributed by atoms with Gasteiger partial charge in [-0.2, -0.15) is 0 Å². The van der Waals surface area contributed by atoms with Crippen molar-refractivity contribution in [2.45, 2.75) is 59.5 Å². The number of hydrogen-bond donors (Lipinski definition) is 1. The topological polar surface area (TPSA) is 58.6 Å². The molecule has 2 aromatic carbocycles. The monoisotopic (exact) mass is 444 g/mol. The Morgan fingerprint density at radius 2 is 1.81 bits per heavy atom. The number of rotatable bonds is 11. The number of halogens is 1. The second-order valence-corrected chi connectivity index (χ2v) is 8.14. The summed E-state index contributed by atoms with van der Waals surface area (Å²) in [4.78, 5) is 27.7. The summed E-state index contributed by atoms with van der Waals surface area (Å²) in [6, 6.07) is 12.5. The molecule has 31 heavy (non-hydrogen) atoms. The van der Waals surface area contributed by atoms with E-state index >= 15 is 0 Å². The molecule has 2 rings (SSSR count). The molecular weight excluding hydrogens is 412 g/mol. The average molecular weight is 445 g/mol. The SMILES string of the molecule is CCCCNC(=O)C(CC)N(Cc1ccc(Cl)cc1)C(=O)COc1cccc(C)c1C. The summed E-state index contributed by atoms with van der Waals surface area (Å²) in [5.41, 5.74) is 3.01. The van der Waals surface area contributed by atoms with Gasteiger partial charge in [-0.1, -0.05) is 56.1 Å². The molecule has 1 N–H and O–H groups in total. The predicted molar refractivity (Wildman–Crippen MR) is 125 cm³/mol. The van der Waals surface area contributed by atoms with E-state index in [0.717, 1.165) is 29.5 Å². The second kappa shape index (κ2) is 12.4. The molecule has 0 saturated heterocycles. The van der Waals surface area contributed by atoms with Crippen LogP contribution in [-0.4, -0.2) is 35.9 Å². The first-order valence-corrected chi connectivity index (χ1v) is 11.3. The highest BCUT2D eigenvalue weighted by molar-refractivity contribution is 6.30. The Hall–Kier alpha value is -2.53. The molecule has 0 heterocycles. The molecule has 0 aliphatic carbocycles. The molecule has 6 heteroatoms. The lowest BCUT2D eigenvalue weighted by Gasteiger charge is -2.30. The third kappa shape index (κ3) is 7.28. The van der Waals surface area contributed by atoms with Gasteiger partial charge in [-0.3, -0.25) is 9.59 Å². The van der Waals surface area contributed by atoms with E-state index in [1.54, 1.807) is 17.0 Å². The van der Waals surface area contributed by atoms with E-state index in [2.05, 4.69) is 12.2 Å². The van der Waals surface area contributed by atoms with E-state index in [1.165, 1.54) is 0 Å². The molecule has 0 aliphatic rings. The Labute approximate surface area is 190 Å². The van der Waals surface area contributed by atoms with Gasteiger partial charge < -0.3 is 15.0 Å². The van der Waals surface area contributed by atoms with Crippen molar-refractivity contribution in [3.05, 3.63) is 64.2 Å². The zero-order chi connectivity index (χ0) is 22.8. The number of hydrogen-bond acceptors (Lipinski definition) is 3. The van der Waals surface area contributed by atoms with Gasteiger partial charge in [0.1, 0.15) is 11.8 Å². The normalized spacial score (nSPS) is 11.6. The molecule has 1 atom stereocenters. The molecule has 0 aliphatic heterocycles. The fourth-order valence-corrected chi connectivity index (χ4v) is 3.44. The number of carbonyl (C=O) groups excluding carboxylic acids is 2. The van der Waals surface area contributed by atoms with Crippen LogP contribution in [0.3, 0.4) is 0 Å². The summed E-state index contributed by atoms with van der Waals surface area (Å²) >= 11 is 6.00. The lowest BCUT2D eigenvalue weighted by Crippen LogP contribution is -2.50. The molecule has 0 radical (unpaired) electrons. The highest BCUT2D eigenvalue weighted by atomic mass is 35.5. The van der Waals surface area contributed by atoms with Crippen LogP contribution in [0.4, 0.5) is 0 Å². The third-order valence-corrected chi connectivity index (χ3v) is 5.64. The van der Waals surface area contributed by atoms with E-state index in [9.17, 15) is 9.59 Å². The van der Waals surface area contributed by atoms with Gasteiger partial charge in [0.2, 0.25) is 5.91 Å². The van der Waals surface area contributed by atoms with E-state index in [1.807, 2.05) is 51.1 Å². The molecule has 168 valence electrons. The highest BCUT2D eigenvalue weighted by Crippen LogP contribution is 2.21. The zero-order valence-electron chi connectivity index (χ0n) is 18.9. The first kappa shape index (κ1) is 24.7. The van der Waals surface area contributed by atoms with Crippen LogP contribution in [0.25, 0.3) is 0 Å². The van der Waals surface area contributed by atoms with Gasteiger partial charge >= 0.3 is 0 Å². The summed E-state index contributed by atoms with van der Waals surface area (Å²) < 4.78 is 5.85. The first-order chi connectivity index (χ1) is 14.9. The minimum atomic E-state index is -0.567. The minimum absolute atomic E-state index is 0.128. The summed E-state index contributed by atoms with van der Waals surface area (Å²) in [7, 11) is 0. The number of ether oxygens (including phenoxy) is 1. The van der Waals surface area contributed by atoms with Crippen molar-refractivity contribution in [2.24, 2.45) is 0 Å². The number of benzene rings is 2. The van der Waals surface area contributed by atoms with Gasteiger partial charge in [0.05, 0.1) is 0 Å². The van der Waals surface area contributed by atoms with Crippen LogP contribution in [0.5, 0.6) is 5.75 Å². The lowest BCUT2D eigenvalue weighted by atomic mass is 10.1. The van der Waals surface area contributed by atoms with Gasteiger partial charge in [0.25, 0.3) is 5.91 Å².